The molecule has 0 spiro atoms. The lowest BCUT2D eigenvalue weighted by molar-refractivity contribution is -1.02. The lowest BCUT2D eigenvalue weighted by Gasteiger charge is -2.35. The fourth-order valence-corrected chi connectivity index (χ4v) is 5.33. The molecule has 3 N–H and O–H groups in total. The van der Waals surface area contributed by atoms with Crippen LogP contribution in [0.1, 0.15) is 17.2 Å². The van der Waals surface area contributed by atoms with E-state index in [0.717, 1.165) is 38.5 Å². The molecule has 3 aromatic rings. The van der Waals surface area contributed by atoms with Crippen LogP contribution in [0.15, 0.2) is 95.9 Å². The van der Waals surface area contributed by atoms with Gasteiger partial charge in [-0.15, -0.1) is 11.8 Å². The highest BCUT2D eigenvalue weighted by atomic mass is 32.2. The molecule has 4 heteroatoms. The molecule has 0 radical (unpaired) electrons. The SMILES string of the molecule is O[C@@H](CSc1ccccc1)C[NH+]1CC[NH+](C(c2ccccc2)c2ccccc2)CC1. The maximum absolute atomic E-state index is 10.5. The van der Waals surface area contributed by atoms with Crippen LogP contribution >= 0.6 is 11.8 Å². The minimum Gasteiger partial charge on any atom is -0.386 e. The molecule has 1 fully saturated rings. The van der Waals surface area contributed by atoms with Gasteiger partial charge in [0.1, 0.15) is 44.9 Å². The molecule has 1 heterocycles. The summed E-state index contributed by atoms with van der Waals surface area (Å²) in [5.74, 6) is 0.765. The summed E-state index contributed by atoms with van der Waals surface area (Å²) in [5.41, 5.74) is 2.78. The number of benzene rings is 3. The van der Waals surface area contributed by atoms with Crippen molar-refractivity contribution in [2.75, 3.05) is 38.5 Å². The maximum Gasteiger partial charge on any atom is 0.139 e. The molecular weight excluding hydrogens is 388 g/mol. The first-order chi connectivity index (χ1) is 14.8. The first-order valence-electron chi connectivity index (χ1n) is 10.9. The van der Waals surface area contributed by atoms with Gasteiger partial charge in [-0.25, -0.2) is 0 Å². The van der Waals surface area contributed by atoms with E-state index in [1.165, 1.54) is 20.9 Å². The molecule has 3 aromatic carbocycles. The molecule has 1 aliphatic heterocycles. The zero-order valence-electron chi connectivity index (χ0n) is 17.4. The smallest absolute Gasteiger partial charge is 0.139 e. The third-order valence-corrected chi connectivity index (χ3v) is 7.14. The van der Waals surface area contributed by atoms with Crippen molar-refractivity contribution in [1.82, 2.24) is 0 Å². The van der Waals surface area contributed by atoms with Crippen LogP contribution in [0.3, 0.4) is 0 Å². The van der Waals surface area contributed by atoms with Crippen molar-refractivity contribution >= 4 is 11.8 Å². The number of hydrogen-bond donors (Lipinski definition) is 3. The second-order valence-corrected chi connectivity index (χ2v) is 9.24. The number of thioether (sulfide) groups is 1. The van der Waals surface area contributed by atoms with Gasteiger partial charge in [0.2, 0.25) is 0 Å². The predicted molar refractivity (Wildman–Crippen MR) is 124 cm³/mol. The van der Waals surface area contributed by atoms with Gasteiger partial charge in [0.25, 0.3) is 0 Å². The first-order valence-corrected chi connectivity index (χ1v) is 11.9. The van der Waals surface area contributed by atoms with Gasteiger partial charge >= 0.3 is 0 Å². The predicted octanol–water partition coefficient (Wildman–Crippen LogP) is 1.71. The minimum atomic E-state index is -0.259. The van der Waals surface area contributed by atoms with E-state index in [1.807, 2.05) is 6.07 Å². The summed E-state index contributed by atoms with van der Waals surface area (Å²) in [6, 6.07) is 32.5. The number of aliphatic hydroxyl groups is 1. The molecule has 0 aromatic heterocycles. The van der Waals surface area contributed by atoms with Gasteiger partial charge in [-0.3, -0.25) is 0 Å². The number of aliphatic hydroxyl groups excluding tert-OH is 1. The average Bonchev–Trinajstić information content (AvgIpc) is 2.81. The first kappa shape index (κ1) is 21.1. The van der Waals surface area contributed by atoms with Crippen molar-refractivity contribution in [1.29, 1.82) is 0 Å². The normalized spacial score (nSPS) is 20.2. The van der Waals surface area contributed by atoms with Crippen molar-refractivity contribution in [3.63, 3.8) is 0 Å². The van der Waals surface area contributed by atoms with E-state index < -0.39 is 0 Å². The second kappa shape index (κ2) is 10.8. The van der Waals surface area contributed by atoms with Crippen LogP contribution in [0, 0.1) is 0 Å². The van der Waals surface area contributed by atoms with Crippen LogP contribution in [-0.4, -0.2) is 49.7 Å². The van der Waals surface area contributed by atoms with Gasteiger partial charge in [0, 0.05) is 21.8 Å². The van der Waals surface area contributed by atoms with Gasteiger partial charge in [0.15, 0.2) is 0 Å². The monoisotopic (exact) mass is 420 g/mol. The summed E-state index contributed by atoms with van der Waals surface area (Å²) < 4.78 is 0. The molecule has 0 unspecified atom stereocenters. The quantitative estimate of drug-likeness (QED) is 0.485. The van der Waals surface area contributed by atoms with E-state index in [-0.39, 0.29) is 6.10 Å². The van der Waals surface area contributed by atoms with Gasteiger partial charge in [-0.05, 0) is 12.1 Å². The highest BCUT2D eigenvalue weighted by Gasteiger charge is 2.32. The Morgan fingerprint density at radius 2 is 1.20 bits per heavy atom. The summed E-state index contributed by atoms with van der Waals surface area (Å²) in [7, 11) is 0. The van der Waals surface area contributed by atoms with E-state index in [2.05, 4.69) is 84.9 Å². The summed E-state index contributed by atoms with van der Waals surface area (Å²) in [6.45, 7) is 5.32. The molecule has 4 rings (SSSR count). The van der Waals surface area contributed by atoms with Gasteiger partial charge < -0.3 is 14.9 Å². The summed E-state index contributed by atoms with van der Waals surface area (Å²) in [5, 5.41) is 10.5. The topological polar surface area (TPSA) is 29.1 Å². The Morgan fingerprint density at radius 1 is 0.700 bits per heavy atom. The standard InChI is InChI=1S/C26H30N2OS/c29-24(21-30-25-14-8-3-9-15-25)20-27-16-18-28(19-17-27)26(22-10-4-1-5-11-22)23-12-6-2-7-13-23/h1-15,24,26,29H,16-21H2/p+2/t24-/m1/s1. The van der Waals surface area contributed by atoms with E-state index in [9.17, 15) is 5.11 Å². The zero-order valence-corrected chi connectivity index (χ0v) is 18.2. The Hall–Kier alpha value is -2.11. The zero-order chi connectivity index (χ0) is 20.6. The molecule has 3 nitrogen and oxygen atoms in total. The summed E-state index contributed by atoms with van der Waals surface area (Å²) in [4.78, 5) is 4.39. The van der Waals surface area contributed by atoms with Crippen LogP contribution in [0.25, 0.3) is 0 Å². The molecule has 1 aliphatic rings. The lowest BCUT2D eigenvalue weighted by atomic mass is 9.96. The minimum absolute atomic E-state index is 0.259. The Balaban J connectivity index is 1.33. The number of hydrogen-bond acceptors (Lipinski definition) is 2. The van der Waals surface area contributed by atoms with Crippen molar-refractivity contribution in [2.24, 2.45) is 0 Å². The largest absolute Gasteiger partial charge is 0.386 e. The number of piperazine rings is 1. The van der Waals surface area contributed by atoms with E-state index in [1.54, 1.807) is 16.7 Å². The highest BCUT2D eigenvalue weighted by molar-refractivity contribution is 7.99. The average molecular weight is 421 g/mol. The Kier molecular flexibility index (Phi) is 7.59. The van der Waals surface area contributed by atoms with Crippen LogP contribution in [-0.2, 0) is 0 Å². The molecule has 0 aliphatic carbocycles. The van der Waals surface area contributed by atoms with Crippen molar-refractivity contribution < 1.29 is 14.9 Å². The number of rotatable bonds is 8. The molecule has 0 saturated carbocycles. The molecular formula is C26H32N2OS+2. The highest BCUT2D eigenvalue weighted by Crippen LogP contribution is 2.19. The summed E-state index contributed by atoms with van der Waals surface area (Å²) >= 11 is 1.75. The summed E-state index contributed by atoms with van der Waals surface area (Å²) in [6.07, 6.45) is -0.259. The Morgan fingerprint density at radius 3 is 1.73 bits per heavy atom. The van der Waals surface area contributed by atoms with Crippen LogP contribution < -0.4 is 9.80 Å². The maximum atomic E-state index is 10.5. The molecule has 1 saturated heterocycles. The number of nitrogens with one attached hydrogen (secondary N) is 2. The van der Waals surface area contributed by atoms with E-state index >= 15 is 0 Å². The van der Waals surface area contributed by atoms with Crippen LogP contribution in [0.5, 0.6) is 0 Å². The van der Waals surface area contributed by atoms with Crippen LogP contribution in [0.2, 0.25) is 0 Å². The van der Waals surface area contributed by atoms with Crippen molar-refractivity contribution in [3.8, 4) is 0 Å². The fraction of sp³-hybridized carbons (Fsp3) is 0.308. The number of quaternary nitrogens is 2. The van der Waals surface area contributed by atoms with E-state index in [0.29, 0.717) is 6.04 Å². The molecule has 30 heavy (non-hydrogen) atoms. The molecule has 1 atom stereocenters. The lowest BCUT2D eigenvalue weighted by Crippen LogP contribution is -3.28. The third kappa shape index (κ3) is 5.73. The van der Waals surface area contributed by atoms with E-state index in [4.69, 9.17) is 0 Å². The van der Waals surface area contributed by atoms with Gasteiger partial charge in [-0.2, -0.15) is 0 Å². The third-order valence-electron chi connectivity index (χ3n) is 5.98. The van der Waals surface area contributed by atoms with Gasteiger partial charge in [-0.1, -0.05) is 78.9 Å². The second-order valence-electron chi connectivity index (χ2n) is 8.14. The molecule has 156 valence electrons. The van der Waals surface area contributed by atoms with Crippen molar-refractivity contribution in [3.05, 3.63) is 102 Å². The van der Waals surface area contributed by atoms with Crippen molar-refractivity contribution in [2.45, 2.75) is 17.0 Å². The molecule has 0 bridgehead atoms. The van der Waals surface area contributed by atoms with Crippen LogP contribution in [0.4, 0.5) is 0 Å². The van der Waals surface area contributed by atoms with Gasteiger partial charge in [0.05, 0.1) is 0 Å². The Labute approximate surface area is 184 Å². The molecule has 0 amide bonds. The Bertz CT molecular complexity index is 828. The fourth-order valence-electron chi connectivity index (χ4n) is 4.47.